The highest BCUT2D eigenvalue weighted by molar-refractivity contribution is 7.89. The summed E-state index contributed by atoms with van der Waals surface area (Å²) in [6.45, 7) is 8.64. The molecule has 2 aliphatic heterocycles. The van der Waals surface area contributed by atoms with E-state index in [4.69, 9.17) is 15.5 Å². The van der Waals surface area contributed by atoms with Crippen molar-refractivity contribution in [2.24, 2.45) is 11.3 Å². The largest absolute Gasteiger partial charge is 0.491 e. The minimum absolute atomic E-state index is 0.00168. The van der Waals surface area contributed by atoms with Crippen LogP contribution >= 0.6 is 0 Å². The van der Waals surface area contributed by atoms with E-state index in [1.54, 1.807) is 18.6 Å². The third-order valence-corrected chi connectivity index (χ3v) is 9.96. The lowest BCUT2D eigenvalue weighted by Gasteiger charge is -2.33. The zero-order valence-electron chi connectivity index (χ0n) is 23.8. The maximum absolute atomic E-state index is 13.2. The average Bonchev–Trinajstić information content (AvgIpc) is 3.18. The molecule has 4 heterocycles. The normalized spacial score (nSPS) is 20.4. The van der Waals surface area contributed by atoms with Crippen molar-refractivity contribution < 1.29 is 13.2 Å². The summed E-state index contributed by atoms with van der Waals surface area (Å²) >= 11 is 0. The quantitative estimate of drug-likeness (QED) is 0.403. The van der Waals surface area contributed by atoms with Gasteiger partial charge in [-0.25, -0.2) is 28.1 Å². The zero-order valence-corrected chi connectivity index (χ0v) is 24.6. The molecule has 1 fully saturated rings. The summed E-state index contributed by atoms with van der Waals surface area (Å²) < 4.78 is 35.3. The fourth-order valence-corrected chi connectivity index (χ4v) is 7.34. The third-order valence-electron chi connectivity index (χ3n) is 8.51. The standard InChI is InChI=1S/C30H39N7O3S/c1-30(2)8-7-25-24(14-30)29(35-19-34-25)37-10-11-40-26-6-5-21(12-23(26)18-37)22-13-27(28(31)33-17-22)41(38,39)36-16-20-4-3-9-32-15-20/h5-6,12-13,17,19-20,32,36H,3-4,7-11,14-16,18H2,1-2H3,(H2,31,33)/t20-/m1/s1. The first-order valence-electron chi connectivity index (χ1n) is 14.5. The lowest BCUT2D eigenvalue weighted by molar-refractivity contribution is 0.310. The summed E-state index contributed by atoms with van der Waals surface area (Å²) in [5.74, 6) is 2.05. The number of fused-ring (bicyclic) bond motifs is 2. The number of hydrogen-bond donors (Lipinski definition) is 3. The molecule has 0 saturated carbocycles. The van der Waals surface area contributed by atoms with Crippen molar-refractivity contribution in [1.82, 2.24) is 25.0 Å². The molecule has 2 aromatic heterocycles. The molecule has 6 rings (SSSR count). The Hall–Kier alpha value is -3.28. The summed E-state index contributed by atoms with van der Waals surface area (Å²) in [6.07, 6.45) is 8.37. The molecule has 11 heteroatoms. The molecule has 1 aliphatic carbocycles. The van der Waals surface area contributed by atoms with Crippen LogP contribution in [0.1, 0.15) is 49.9 Å². The molecule has 0 bridgehead atoms. The number of nitrogens with zero attached hydrogens (tertiary/aromatic N) is 4. The van der Waals surface area contributed by atoms with Crippen LogP contribution in [-0.4, -0.2) is 56.2 Å². The van der Waals surface area contributed by atoms with Crippen molar-refractivity contribution in [1.29, 1.82) is 0 Å². The van der Waals surface area contributed by atoms with Gasteiger partial charge in [-0.3, -0.25) is 0 Å². The predicted molar refractivity (Wildman–Crippen MR) is 159 cm³/mol. The number of anilines is 2. The Labute approximate surface area is 242 Å². The van der Waals surface area contributed by atoms with E-state index in [0.29, 0.717) is 31.8 Å². The molecule has 0 unspecified atom stereocenters. The number of rotatable bonds is 6. The van der Waals surface area contributed by atoms with Gasteiger partial charge in [0.1, 0.15) is 35.2 Å². The second-order valence-electron chi connectivity index (χ2n) is 12.2. The first-order chi connectivity index (χ1) is 19.7. The van der Waals surface area contributed by atoms with Gasteiger partial charge >= 0.3 is 0 Å². The molecular weight excluding hydrogens is 538 g/mol. The van der Waals surface area contributed by atoms with Gasteiger partial charge in [0.2, 0.25) is 10.0 Å². The smallest absolute Gasteiger partial charge is 0.244 e. The first kappa shape index (κ1) is 27.9. The summed E-state index contributed by atoms with van der Waals surface area (Å²) in [6, 6.07) is 7.56. The lowest BCUT2D eigenvalue weighted by Crippen LogP contribution is -2.38. The molecule has 3 aromatic rings. The molecule has 4 N–H and O–H groups in total. The van der Waals surface area contributed by atoms with Gasteiger partial charge in [0.25, 0.3) is 0 Å². The number of benzene rings is 1. The van der Waals surface area contributed by atoms with Crippen LogP contribution in [0.3, 0.4) is 0 Å². The number of nitrogen functional groups attached to an aromatic ring is 1. The Morgan fingerprint density at radius 2 is 2.07 bits per heavy atom. The van der Waals surface area contributed by atoms with Crippen LogP contribution in [0.25, 0.3) is 11.1 Å². The molecule has 218 valence electrons. The number of pyridine rings is 1. The molecular formula is C30H39N7O3S. The molecule has 41 heavy (non-hydrogen) atoms. The Morgan fingerprint density at radius 3 is 2.90 bits per heavy atom. The van der Waals surface area contributed by atoms with Crippen molar-refractivity contribution in [3.63, 3.8) is 0 Å². The monoisotopic (exact) mass is 577 g/mol. The van der Waals surface area contributed by atoms with Crippen LogP contribution < -0.4 is 25.4 Å². The number of sulfonamides is 1. The summed E-state index contributed by atoms with van der Waals surface area (Å²) in [4.78, 5) is 15.9. The van der Waals surface area contributed by atoms with E-state index in [-0.39, 0.29) is 22.0 Å². The van der Waals surface area contributed by atoms with E-state index in [1.807, 2.05) is 12.1 Å². The average molecular weight is 578 g/mol. The van der Waals surface area contributed by atoms with Crippen molar-refractivity contribution in [3.05, 3.63) is 53.6 Å². The van der Waals surface area contributed by atoms with Gasteiger partial charge in [-0.2, -0.15) is 0 Å². The van der Waals surface area contributed by atoms with E-state index in [2.05, 4.69) is 44.8 Å². The maximum Gasteiger partial charge on any atom is 0.244 e. The van der Waals surface area contributed by atoms with Crippen LogP contribution in [0.2, 0.25) is 0 Å². The Kier molecular flexibility index (Phi) is 7.60. The number of aryl methyl sites for hydroxylation is 1. The van der Waals surface area contributed by atoms with Gasteiger partial charge in [0, 0.05) is 41.7 Å². The summed E-state index contributed by atoms with van der Waals surface area (Å²) in [7, 11) is -3.82. The minimum atomic E-state index is -3.82. The van der Waals surface area contributed by atoms with Crippen LogP contribution in [0.15, 0.2) is 41.7 Å². The van der Waals surface area contributed by atoms with Crippen LogP contribution in [0.5, 0.6) is 5.75 Å². The second kappa shape index (κ2) is 11.2. The molecule has 1 aromatic carbocycles. The van der Waals surface area contributed by atoms with Gasteiger partial charge in [-0.05, 0) is 80.3 Å². The SMILES string of the molecule is CC1(C)CCc2ncnc(N3CCOc4ccc(-c5cnc(N)c(S(=O)(=O)NC[C@@H]6CCCNC6)c5)cc4C3)c2C1. The van der Waals surface area contributed by atoms with E-state index < -0.39 is 10.0 Å². The zero-order chi connectivity index (χ0) is 28.6. The topological polar surface area (TPSA) is 135 Å². The molecule has 0 radical (unpaired) electrons. The van der Waals surface area contributed by atoms with Gasteiger partial charge in [-0.1, -0.05) is 19.9 Å². The minimum Gasteiger partial charge on any atom is -0.491 e. The second-order valence-corrected chi connectivity index (χ2v) is 14.0. The Bertz CT molecular complexity index is 1540. The van der Waals surface area contributed by atoms with Crippen LogP contribution in [-0.2, 0) is 29.4 Å². The molecule has 10 nitrogen and oxygen atoms in total. The van der Waals surface area contributed by atoms with Crippen LogP contribution in [0.4, 0.5) is 11.6 Å². The molecule has 1 atom stereocenters. The highest BCUT2D eigenvalue weighted by Gasteiger charge is 2.31. The van der Waals surface area contributed by atoms with Crippen molar-refractivity contribution in [3.8, 4) is 16.9 Å². The van der Waals surface area contributed by atoms with E-state index in [9.17, 15) is 8.42 Å². The first-order valence-corrected chi connectivity index (χ1v) is 16.0. The highest BCUT2D eigenvalue weighted by Crippen LogP contribution is 2.39. The molecule has 0 amide bonds. The van der Waals surface area contributed by atoms with Crippen molar-refractivity contribution >= 4 is 21.7 Å². The molecule has 3 aliphatic rings. The van der Waals surface area contributed by atoms with E-state index >= 15 is 0 Å². The fraction of sp³-hybridized carbons (Fsp3) is 0.500. The Balaban J connectivity index is 1.27. The summed E-state index contributed by atoms with van der Waals surface area (Å²) in [5, 5.41) is 3.32. The highest BCUT2D eigenvalue weighted by atomic mass is 32.2. The number of hydrogen-bond acceptors (Lipinski definition) is 9. The maximum atomic E-state index is 13.2. The number of nitrogens with two attached hydrogens (primary N) is 1. The van der Waals surface area contributed by atoms with E-state index in [1.165, 1.54) is 5.56 Å². The summed E-state index contributed by atoms with van der Waals surface area (Å²) in [5.41, 5.74) is 11.2. The van der Waals surface area contributed by atoms with E-state index in [0.717, 1.165) is 73.6 Å². The van der Waals surface area contributed by atoms with Crippen LogP contribution in [0, 0.1) is 11.3 Å². The lowest BCUT2D eigenvalue weighted by atomic mass is 9.76. The number of nitrogens with one attached hydrogen (secondary N) is 2. The van der Waals surface area contributed by atoms with Crippen molar-refractivity contribution in [2.45, 2.75) is 57.4 Å². The van der Waals surface area contributed by atoms with Gasteiger partial charge in [0.05, 0.1) is 6.54 Å². The van der Waals surface area contributed by atoms with Gasteiger partial charge in [-0.15, -0.1) is 0 Å². The van der Waals surface area contributed by atoms with Gasteiger partial charge < -0.3 is 20.7 Å². The Morgan fingerprint density at radius 1 is 1.20 bits per heavy atom. The fourth-order valence-electron chi connectivity index (χ4n) is 6.12. The third kappa shape index (κ3) is 6.02. The molecule has 1 saturated heterocycles. The van der Waals surface area contributed by atoms with Crippen molar-refractivity contribution in [2.75, 3.05) is 43.4 Å². The predicted octanol–water partition coefficient (Wildman–Crippen LogP) is 3.31. The number of ether oxygens (including phenoxy) is 1. The number of piperidine rings is 1. The van der Waals surface area contributed by atoms with Gasteiger partial charge in [0.15, 0.2) is 0 Å². The number of aromatic nitrogens is 3. The molecule has 0 spiro atoms.